The minimum Gasteiger partial charge on any atom is -0.390 e. The van der Waals surface area contributed by atoms with Crippen LogP contribution in [0.25, 0.3) is 0 Å². The molecule has 1 heteroatoms. The molecule has 1 rings (SSSR count). The molecule has 0 heterocycles. The fourth-order valence-corrected chi connectivity index (χ4v) is 1.47. The lowest BCUT2D eigenvalue weighted by atomic mass is 9.71. The van der Waals surface area contributed by atoms with Crippen LogP contribution in [-0.4, -0.2) is 10.7 Å². The van der Waals surface area contributed by atoms with E-state index in [1.165, 1.54) is 6.42 Å². The quantitative estimate of drug-likeness (QED) is 0.548. The van der Waals surface area contributed by atoms with E-state index in [0.29, 0.717) is 0 Å². The maximum absolute atomic E-state index is 9.21. The van der Waals surface area contributed by atoms with Crippen LogP contribution in [0.3, 0.4) is 0 Å². The topological polar surface area (TPSA) is 20.2 Å². The first kappa shape index (κ1) is 6.09. The minimum atomic E-state index is -0.305. The predicted octanol–water partition coefficient (Wildman–Crippen LogP) is 1.56. The van der Waals surface area contributed by atoms with E-state index in [-0.39, 0.29) is 5.60 Å². The lowest BCUT2D eigenvalue weighted by Crippen LogP contribution is -2.40. The summed E-state index contributed by atoms with van der Waals surface area (Å²) in [6.07, 6.45) is 3.27. The van der Waals surface area contributed by atoms with Crippen LogP contribution in [0.15, 0.2) is 0 Å². The van der Waals surface area contributed by atoms with E-state index in [1.54, 1.807) is 0 Å². The van der Waals surface area contributed by atoms with E-state index in [0.717, 1.165) is 18.8 Å². The molecule has 0 aromatic carbocycles. The van der Waals surface area contributed by atoms with Gasteiger partial charge in [0.2, 0.25) is 0 Å². The van der Waals surface area contributed by atoms with Gasteiger partial charge < -0.3 is 5.11 Å². The number of hydrogen-bond donors (Lipinski definition) is 1. The first-order valence-electron chi connectivity index (χ1n) is 3.36. The van der Waals surface area contributed by atoms with Crippen LogP contribution in [-0.2, 0) is 0 Å². The molecule has 0 amide bonds. The standard InChI is InChI=1S/C7H14O/c1-3-6-4-7(2,8)5-6/h6,8H,3-5H2,1-2H3/t6-,7+. The van der Waals surface area contributed by atoms with Crippen molar-refractivity contribution in [3.63, 3.8) is 0 Å². The van der Waals surface area contributed by atoms with Gasteiger partial charge in [0.15, 0.2) is 0 Å². The lowest BCUT2D eigenvalue weighted by molar-refractivity contribution is -0.0577. The monoisotopic (exact) mass is 114 g/mol. The summed E-state index contributed by atoms with van der Waals surface area (Å²) in [7, 11) is 0. The van der Waals surface area contributed by atoms with Crippen molar-refractivity contribution in [2.24, 2.45) is 5.92 Å². The molecule has 1 fully saturated rings. The van der Waals surface area contributed by atoms with Gasteiger partial charge in [-0.2, -0.15) is 0 Å². The van der Waals surface area contributed by atoms with Gasteiger partial charge in [0.05, 0.1) is 5.60 Å². The molecule has 0 saturated heterocycles. The van der Waals surface area contributed by atoms with Crippen molar-refractivity contribution < 1.29 is 5.11 Å². The summed E-state index contributed by atoms with van der Waals surface area (Å²) < 4.78 is 0. The molecular weight excluding hydrogens is 100 g/mol. The molecule has 0 aromatic rings. The van der Waals surface area contributed by atoms with Crippen LogP contribution in [0.2, 0.25) is 0 Å². The fraction of sp³-hybridized carbons (Fsp3) is 1.00. The summed E-state index contributed by atoms with van der Waals surface area (Å²) in [5, 5.41) is 9.21. The summed E-state index contributed by atoms with van der Waals surface area (Å²) in [6, 6.07) is 0. The third-order valence-electron chi connectivity index (χ3n) is 2.03. The second-order valence-corrected chi connectivity index (χ2v) is 3.18. The highest BCUT2D eigenvalue weighted by atomic mass is 16.3. The van der Waals surface area contributed by atoms with E-state index in [9.17, 15) is 5.11 Å². The Kier molecular flexibility index (Phi) is 1.31. The molecule has 8 heavy (non-hydrogen) atoms. The van der Waals surface area contributed by atoms with Crippen LogP contribution in [0, 0.1) is 5.92 Å². The Bertz CT molecular complexity index is 78.4. The van der Waals surface area contributed by atoms with Crippen molar-refractivity contribution in [1.82, 2.24) is 0 Å². The van der Waals surface area contributed by atoms with Gasteiger partial charge in [-0.15, -0.1) is 0 Å². The Labute approximate surface area is 50.7 Å². The third-order valence-corrected chi connectivity index (χ3v) is 2.03. The molecule has 0 spiro atoms. The van der Waals surface area contributed by atoms with Crippen LogP contribution in [0.4, 0.5) is 0 Å². The SMILES string of the molecule is CC[C@H]1C[C@@](C)(O)C1. The van der Waals surface area contributed by atoms with Crippen LogP contribution in [0.1, 0.15) is 33.1 Å². The van der Waals surface area contributed by atoms with Crippen molar-refractivity contribution in [1.29, 1.82) is 0 Å². The van der Waals surface area contributed by atoms with Crippen molar-refractivity contribution in [2.75, 3.05) is 0 Å². The molecule has 1 N–H and O–H groups in total. The smallest absolute Gasteiger partial charge is 0.0625 e. The van der Waals surface area contributed by atoms with E-state index in [2.05, 4.69) is 6.92 Å². The molecule has 1 nitrogen and oxygen atoms in total. The van der Waals surface area contributed by atoms with Gasteiger partial charge in [0.25, 0.3) is 0 Å². The average molecular weight is 114 g/mol. The molecule has 1 aliphatic rings. The van der Waals surface area contributed by atoms with Gasteiger partial charge in [0, 0.05) is 0 Å². The third kappa shape index (κ3) is 1.03. The normalized spacial score (nSPS) is 46.1. The zero-order valence-corrected chi connectivity index (χ0v) is 5.65. The Morgan fingerprint density at radius 3 is 2.25 bits per heavy atom. The summed E-state index contributed by atoms with van der Waals surface area (Å²) in [6.45, 7) is 4.10. The van der Waals surface area contributed by atoms with E-state index in [4.69, 9.17) is 0 Å². The summed E-state index contributed by atoms with van der Waals surface area (Å²) in [5.74, 6) is 0.810. The predicted molar refractivity (Wildman–Crippen MR) is 33.6 cm³/mol. The fourth-order valence-electron chi connectivity index (χ4n) is 1.47. The van der Waals surface area contributed by atoms with Gasteiger partial charge >= 0.3 is 0 Å². The minimum absolute atomic E-state index is 0.305. The second-order valence-electron chi connectivity index (χ2n) is 3.18. The summed E-state index contributed by atoms with van der Waals surface area (Å²) in [5.41, 5.74) is -0.305. The highest BCUT2D eigenvalue weighted by molar-refractivity contribution is 4.89. The number of hydrogen-bond acceptors (Lipinski definition) is 1. The Balaban J connectivity index is 2.21. The average Bonchev–Trinajstić information content (AvgIpc) is 1.60. The largest absolute Gasteiger partial charge is 0.390 e. The molecule has 0 atom stereocenters. The van der Waals surface area contributed by atoms with E-state index >= 15 is 0 Å². The lowest BCUT2D eigenvalue weighted by Gasteiger charge is -2.40. The summed E-state index contributed by atoms with van der Waals surface area (Å²) >= 11 is 0. The second kappa shape index (κ2) is 1.73. The molecule has 48 valence electrons. The number of aliphatic hydroxyl groups is 1. The van der Waals surface area contributed by atoms with Gasteiger partial charge in [-0.05, 0) is 25.7 Å². The van der Waals surface area contributed by atoms with Gasteiger partial charge in [-0.1, -0.05) is 13.3 Å². The first-order valence-corrected chi connectivity index (χ1v) is 3.36. The molecule has 0 bridgehead atoms. The van der Waals surface area contributed by atoms with Gasteiger partial charge in [-0.25, -0.2) is 0 Å². The molecule has 1 aliphatic carbocycles. The molecule has 0 aromatic heterocycles. The highest BCUT2D eigenvalue weighted by Gasteiger charge is 2.36. The van der Waals surface area contributed by atoms with Crippen LogP contribution >= 0.6 is 0 Å². The first-order chi connectivity index (χ1) is 3.64. The maximum atomic E-state index is 9.21. The van der Waals surface area contributed by atoms with Crippen LogP contribution in [0.5, 0.6) is 0 Å². The zero-order chi connectivity index (χ0) is 6.20. The van der Waals surface area contributed by atoms with Gasteiger partial charge in [-0.3, -0.25) is 0 Å². The highest BCUT2D eigenvalue weighted by Crippen LogP contribution is 2.38. The molecule has 0 unspecified atom stereocenters. The molecule has 1 saturated carbocycles. The van der Waals surface area contributed by atoms with Crippen molar-refractivity contribution in [3.05, 3.63) is 0 Å². The van der Waals surface area contributed by atoms with E-state index < -0.39 is 0 Å². The van der Waals surface area contributed by atoms with Crippen molar-refractivity contribution in [3.8, 4) is 0 Å². The molecular formula is C7H14O. The van der Waals surface area contributed by atoms with E-state index in [1.807, 2.05) is 6.92 Å². The Hall–Kier alpha value is -0.0400. The van der Waals surface area contributed by atoms with Crippen molar-refractivity contribution >= 4 is 0 Å². The van der Waals surface area contributed by atoms with Crippen molar-refractivity contribution in [2.45, 2.75) is 38.7 Å². The van der Waals surface area contributed by atoms with Gasteiger partial charge in [0.1, 0.15) is 0 Å². The zero-order valence-electron chi connectivity index (χ0n) is 5.65. The maximum Gasteiger partial charge on any atom is 0.0625 e. The molecule has 0 radical (unpaired) electrons. The summed E-state index contributed by atoms with van der Waals surface area (Å²) in [4.78, 5) is 0. The Morgan fingerprint density at radius 2 is 2.12 bits per heavy atom. The van der Waals surface area contributed by atoms with Crippen LogP contribution < -0.4 is 0 Å². The number of rotatable bonds is 1. The Morgan fingerprint density at radius 1 is 1.62 bits per heavy atom. The molecule has 0 aliphatic heterocycles.